The van der Waals surface area contributed by atoms with Crippen LogP contribution in [0.15, 0.2) is 41.4 Å². The van der Waals surface area contributed by atoms with Gasteiger partial charge in [-0.2, -0.15) is 0 Å². The van der Waals surface area contributed by atoms with Gasteiger partial charge in [0.1, 0.15) is 0 Å². The van der Waals surface area contributed by atoms with Crippen molar-refractivity contribution in [1.29, 1.82) is 0 Å². The summed E-state index contributed by atoms with van der Waals surface area (Å²) in [7, 11) is 1.52. The van der Waals surface area contributed by atoms with Crippen LogP contribution in [-0.4, -0.2) is 18.2 Å². The van der Waals surface area contributed by atoms with Gasteiger partial charge in [0.25, 0.3) is 0 Å². The Hall–Kier alpha value is -1.96. The summed E-state index contributed by atoms with van der Waals surface area (Å²) in [5.41, 5.74) is 10.5. The molecule has 3 rings (SSSR count). The second kappa shape index (κ2) is 8.94. The van der Waals surface area contributed by atoms with E-state index in [1.54, 1.807) is 12.1 Å². The average Bonchev–Trinajstić information content (AvgIpc) is 2.61. The molecule has 0 atom stereocenters. The molecule has 5 nitrogen and oxygen atoms in total. The highest BCUT2D eigenvalue weighted by molar-refractivity contribution is 14.0. The van der Waals surface area contributed by atoms with Crippen LogP contribution in [0.5, 0.6) is 11.5 Å². The maximum absolute atomic E-state index is 10.1. The second-order valence-electron chi connectivity index (χ2n) is 5.94. The Morgan fingerprint density at radius 1 is 1.20 bits per heavy atom. The predicted molar refractivity (Wildman–Crippen MR) is 112 cm³/mol. The van der Waals surface area contributed by atoms with E-state index in [9.17, 15) is 5.11 Å². The third-order valence-electron chi connectivity index (χ3n) is 4.38. The first-order valence-electron chi connectivity index (χ1n) is 8.21. The molecule has 0 aliphatic heterocycles. The molecule has 0 amide bonds. The van der Waals surface area contributed by atoms with Crippen molar-refractivity contribution in [2.75, 3.05) is 12.4 Å². The number of guanidine groups is 1. The van der Waals surface area contributed by atoms with Gasteiger partial charge in [-0.3, -0.25) is 0 Å². The highest BCUT2D eigenvalue weighted by Crippen LogP contribution is 2.30. The van der Waals surface area contributed by atoms with Crippen molar-refractivity contribution in [2.24, 2.45) is 10.7 Å². The van der Waals surface area contributed by atoms with Gasteiger partial charge in [-0.1, -0.05) is 24.3 Å². The fraction of sp³-hybridized carbons (Fsp3) is 0.316. The zero-order valence-corrected chi connectivity index (χ0v) is 16.6. The first-order chi connectivity index (χ1) is 11.7. The van der Waals surface area contributed by atoms with Crippen LogP contribution in [0.1, 0.15) is 29.5 Å². The van der Waals surface area contributed by atoms with E-state index in [-0.39, 0.29) is 36.3 Å². The minimum Gasteiger partial charge on any atom is -0.504 e. The lowest BCUT2D eigenvalue weighted by molar-refractivity contribution is 0.370. The summed E-state index contributed by atoms with van der Waals surface area (Å²) in [6, 6.07) is 11.6. The summed E-state index contributed by atoms with van der Waals surface area (Å²) in [5.74, 6) is 0.885. The van der Waals surface area contributed by atoms with Gasteiger partial charge in [0.05, 0.1) is 13.7 Å². The van der Waals surface area contributed by atoms with Gasteiger partial charge in [0.15, 0.2) is 17.5 Å². The number of halogens is 1. The molecule has 2 aromatic rings. The van der Waals surface area contributed by atoms with Gasteiger partial charge >= 0.3 is 0 Å². The molecule has 1 aliphatic rings. The minimum absolute atomic E-state index is 0. The molecule has 0 bridgehead atoms. The van der Waals surface area contributed by atoms with Crippen molar-refractivity contribution >= 4 is 35.6 Å². The predicted octanol–water partition coefficient (Wildman–Crippen LogP) is 3.82. The van der Waals surface area contributed by atoms with E-state index < -0.39 is 0 Å². The topological polar surface area (TPSA) is 79.9 Å². The van der Waals surface area contributed by atoms with E-state index in [1.807, 2.05) is 18.2 Å². The van der Waals surface area contributed by atoms with Gasteiger partial charge in [0, 0.05) is 11.3 Å². The van der Waals surface area contributed by atoms with E-state index in [1.165, 1.54) is 31.1 Å². The molecule has 0 heterocycles. The van der Waals surface area contributed by atoms with Crippen molar-refractivity contribution in [2.45, 2.75) is 32.2 Å². The number of anilines is 1. The Bertz CT molecular complexity index is 762. The lowest BCUT2D eigenvalue weighted by Crippen LogP contribution is -2.24. The van der Waals surface area contributed by atoms with Gasteiger partial charge < -0.3 is 20.9 Å². The molecule has 0 spiro atoms. The van der Waals surface area contributed by atoms with Crippen LogP contribution in [0.25, 0.3) is 0 Å². The van der Waals surface area contributed by atoms with Gasteiger partial charge in [0.2, 0.25) is 0 Å². The van der Waals surface area contributed by atoms with Crippen molar-refractivity contribution in [3.63, 3.8) is 0 Å². The van der Waals surface area contributed by atoms with Crippen LogP contribution in [-0.2, 0) is 19.4 Å². The molecule has 0 saturated heterocycles. The van der Waals surface area contributed by atoms with Crippen molar-refractivity contribution in [3.8, 4) is 11.5 Å². The summed E-state index contributed by atoms with van der Waals surface area (Å²) in [4.78, 5) is 4.34. The molecule has 25 heavy (non-hydrogen) atoms. The lowest BCUT2D eigenvalue weighted by Gasteiger charge is -2.19. The number of methoxy groups -OCH3 is 1. The van der Waals surface area contributed by atoms with Gasteiger partial charge in [-0.25, -0.2) is 4.99 Å². The van der Waals surface area contributed by atoms with Crippen LogP contribution in [0.4, 0.5) is 5.69 Å². The Balaban J connectivity index is 0.00000225. The number of fused-ring (bicyclic) bond motifs is 1. The first-order valence-corrected chi connectivity index (χ1v) is 8.21. The van der Waals surface area contributed by atoms with Gasteiger partial charge in [-0.05, 0) is 48.9 Å². The summed E-state index contributed by atoms with van der Waals surface area (Å²) in [6.07, 6.45) is 4.65. The van der Waals surface area contributed by atoms with E-state index in [4.69, 9.17) is 10.5 Å². The van der Waals surface area contributed by atoms with E-state index in [0.717, 1.165) is 18.5 Å². The maximum Gasteiger partial charge on any atom is 0.193 e. The minimum atomic E-state index is 0. The van der Waals surface area contributed by atoms with E-state index >= 15 is 0 Å². The summed E-state index contributed by atoms with van der Waals surface area (Å²) >= 11 is 0. The third kappa shape index (κ3) is 4.56. The highest BCUT2D eigenvalue weighted by atomic mass is 127. The Morgan fingerprint density at radius 3 is 2.76 bits per heavy atom. The van der Waals surface area contributed by atoms with Crippen LogP contribution >= 0.6 is 24.0 Å². The monoisotopic (exact) mass is 453 g/mol. The molecule has 0 fully saturated rings. The number of nitrogens with one attached hydrogen (secondary N) is 1. The number of nitrogens with two attached hydrogens (primary N) is 1. The number of aryl methyl sites for hydroxylation is 1. The quantitative estimate of drug-likeness (QED) is 0.374. The Morgan fingerprint density at radius 2 is 1.96 bits per heavy atom. The summed E-state index contributed by atoms with van der Waals surface area (Å²) < 4.78 is 5.10. The smallest absolute Gasteiger partial charge is 0.193 e. The van der Waals surface area contributed by atoms with Crippen molar-refractivity contribution in [1.82, 2.24) is 0 Å². The number of phenolic OH excluding ortho intramolecular Hbond substituents is 1. The molecule has 134 valence electrons. The molecular weight excluding hydrogens is 429 g/mol. The first kappa shape index (κ1) is 19.4. The molecule has 0 saturated carbocycles. The molecule has 4 N–H and O–H groups in total. The maximum atomic E-state index is 10.1. The van der Waals surface area contributed by atoms with E-state index in [0.29, 0.717) is 17.3 Å². The summed E-state index contributed by atoms with van der Waals surface area (Å²) in [6.45, 7) is 0.289. The SMILES string of the molecule is COc1cccc(CN=C(N)Nc2cccc3c2CCCC3)c1O.I. The molecule has 0 unspecified atom stereocenters. The van der Waals surface area contributed by atoms with Crippen molar-refractivity contribution < 1.29 is 9.84 Å². The van der Waals surface area contributed by atoms with Gasteiger partial charge in [-0.15, -0.1) is 24.0 Å². The van der Waals surface area contributed by atoms with Crippen LogP contribution < -0.4 is 15.8 Å². The second-order valence-corrected chi connectivity index (χ2v) is 5.94. The number of hydrogen-bond donors (Lipinski definition) is 3. The number of benzene rings is 2. The fourth-order valence-corrected chi connectivity index (χ4v) is 3.11. The molecule has 6 heteroatoms. The number of nitrogens with zero attached hydrogens (tertiary/aromatic N) is 1. The van der Waals surface area contributed by atoms with E-state index in [2.05, 4.69) is 16.4 Å². The number of ether oxygens (including phenoxy) is 1. The van der Waals surface area contributed by atoms with Crippen LogP contribution in [0.2, 0.25) is 0 Å². The molecule has 0 aromatic heterocycles. The Labute approximate surface area is 165 Å². The molecule has 1 aliphatic carbocycles. The van der Waals surface area contributed by atoms with Crippen LogP contribution in [0, 0.1) is 0 Å². The molecule has 0 radical (unpaired) electrons. The normalized spacial score (nSPS) is 13.6. The number of hydrogen-bond acceptors (Lipinski definition) is 3. The zero-order chi connectivity index (χ0) is 16.9. The summed E-state index contributed by atoms with van der Waals surface area (Å²) in [5, 5.41) is 13.3. The molecular formula is C19H24IN3O2. The lowest BCUT2D eigenvalue weighted by atomic mass is 9.90. The number of para-hydroxylation sites is 1. The molecule has 2 aromatic carbocycles. The Kier molecular flexibility index (Phi) is 6.92. The largest absolute Gasteiger partial charge is 0.504 e. The average molecular weight is 453 g/mol. The van der Waals surface area contributed by atoms with Crippen LogP contribution in [0.3, 0.4) is 0 Å². The van der Waals surface area contributed by atoms with Crippen molar-refractivity contribution in [3.05, 3.63) is 53.1 Å². The fourth-order valence-electron chi connectivity index (χ4n) is 3.11. The number of aromatic hydroxyl groups is 1. The highest BCUT2D eigenvalue weighted by Gasteiger charge is 2.13. The number of aliphatic imine (C=N–C) groups is 1. The number of rotatable bonds is 4. The third-order valence-corrected chi connectivity index (χ3v) is 4.38. The zero-order valence-electron chi connectivity index (χ0n) is 14.3. The number of phenols is 1. The standard InChI is InChI=1S/C19H23N3O2.HI/c1-24-17-11-5-8-14(18(17)23)12-21-19(20)22-16-10-4-7-13-6-2-3-9-15(13)16;/h4-5,7-8,10-11,23H,2-3,6,9,12H2,1H3,(H3,20,21,22);1H.